The number of carbonyl (C=O) groups is 1. The molecule has 20 heavy (non-hydrogen) atoms. The van der Waals surface area contributed by atoms with Crippen LogP contribution in [0.1, 0.15) is 5.56 Å². The quantitative estimate of drug-likeness (QED) is 0.900. The SMILES string of the molecule is Cl.O=C(Cc1ccc(F)cc1F)N1C[C@H]2CNC[C@H]2C1. The summed E-state index contributed by atoms with van der Waals surface area (Å²) in [6, 6.07) is 3.36. The average Bonchev–Trinajstić information content (AvgIpc) is 2.93. The fourth-order valence-electron chi connectivity index (χ4n) is 3.00. The molecule has 2 aliphatic rings. The summed E-state index contributed by atoms with van der Waals surface area (Å²) in [5.41, 5.74) is 0.265. The van der Waals surface area contributed by atoms with E-state index in [1.54, 1.807) is 4.90 Å². The van der Waals surface area contributed by atoms with E-state index >= 15 is 0 Å². The molecule has 1 aromatic carbocycles. The van der Waals surface area contributed by atoms with Crippen LogP contribution in [0.5, 0.6) is 0 Å². The molecule has 2 fully saturated rings. The second-order valence-electron chi connectivity index (χ2n) is 5.39. The van der Waals surface area contributed by atoms with Gasteiger partial charge in [0.2, 0.25) is 5.91 Å². The van der Waals surface area contributed by atoms with Gasteiger partial charge in [-0.2, -0.15) is 0 Å². The van der Waals surface area contributed by atoms with Crippen molar-refractivity contribution in [3.05, 3.63) is 35.4 Å². The minimum Gasteiger partial charge on any atom is -0.342 e. The fourth-order valence-corrected chi connectivity index (χ4v) is 3.00. The van der Waals surface area contributed by atoms with E-state index < -0.39 is 11.6 Å². The van der Waals surface area contributed by atoms with E-state index in [2.05, 4.69) is 5.32 Å². The van der Waals surface area contributed by atoms with Crippen LogP contribution in [0, 0.1) is 23.5 Å². The molecular weight excluding hydrogens is 286 g/mol. The molecule has 0 spiro atoms. The molecule has 0 aliphatic carbocycles. The van der Waals surface area contributed by atoms with Gasteiger partial charge in [-0.3, -0.25) is 4.79 Å². The smallest absolute Gasteiger partial charge is 0.227 e. The zero-order chi connectivity index (χ0) is 13.4. The van der Waals surface area contributed by atoms with Crippen molar-refractivity contribution in [2.45, 2.75) is 6.42 Å². The van der Waals surface area contributed by atoms with Crippen LogP contribution < -0.4 is 5.32 Å². The number of amides is 1. The number of hydrogen-bond donors (Lipinski definition) is 1. The molecule has 0 saturated carbocycles. The van der Waals surface area contributed by atoms with Crippen LogP contribution in [-0.4, -0.2) is 37.0 Å². The fraction of sp³-hybridized carbons (Fsp3) is 0.500. The predicted molar refractivity (Wildman–Crippen MR) is 73.7 cm³/mol. The Morgan fingerprint density at radius 1 is 1.25 bits per heavy atom. The zero-order valence-corrected chi connectivity index (χ0v) is 11.8. The molecule has 6 heteroatoms. The van der Waals surface area contributed by atoms with E-state index in [1.165, 1.54) is 12.1 Å². The summed E-state index contributed by atoms with van der Waals surface area (Å²) in [5, 5.41) is 3.31. The van der Waals surface area contributed by atoms with Gasteiger partial charge in [0.05, 0.1) is 6.42 Å². The van der Waals surface area contributed by atoms with Crippen LogP contribution in [0.25, 0.3) is 0 Å². The Labute approximate surface area is 122 Å². The molecule has 2 aliphatic heterocycles. The lowest BCUT2D eigenvalue weighted by molar-refractivity contribution is -0.129. The Kier molecular flexibility index (Phi) is 4.60. The topological polar surface area (TPSA) is 32.3 Å². The van der Waals surface area contributed by atoms with Crippen molar-refractivity contribution in [2.75, 3.05) is 26.2 Å². The van der Waals surface area contributed by atoms with Crippen molar-refractivity contribution in [3.63, 3.8) is 0 Å². The highest BCUT2D eigenvalue weighted by Crippen LogP contribution is 2.26. The van der Waals surface area contributed by atoms with Crippen molar-refractivity contribution in [3.8, 4) is 0 Å². The first-order valence-corrected chi connectivity index (χ1v) is 6.56. The molecule has 1 N–H and O–H groups in total. The first kappa shape index (κ1) is 15.2. The summed E-state index contributed by atoms with van der Waals surface area (Å²) < 4.78 is 26.3. The standard InChI is InChI=1S/C14H16F2N2O.ClH/c15-12-2-1-9(13(16)4-12)3-14(19)18-7-10-5-17-6-11(10)8-18;/h1-2,4,10-11,17H,3,5-8H2;1H/t10-,11+;. The molecule has 0 aromatic heterocycles. The van der Waals surface area contributed by atoms with Crippen LogP contribution in [0.15, 0.2) is 18.2 Å². The highest BCUT2D eigenvalue weighted by atomic mass is 35.5. The van der Waals surface area contributed by atoms with E-state index in [-0.39, 0.29) is 30.3 Å². The first-order chi connectivity index (χ1) is 9.13. The summed E-state index contributed by atoms with van der Waals surface area (Å²) in [6.45, 7) is 3.41. The minimum atomic E-state index is -0.644. The lowest BCUT2D eigenvalue weighted by atomic mass is 10.0. The summed E-state index contributed by atoms with van der Waals surface area (Å²) in [4.78, 5) is 13.9. The van der Waals surface area contributed by atoms with Gasteiger partial charge < -0.3 is 10.2 Å². The molecule has 0 radical (unpaired) electrons. The van der Waals surface area contributed by atoms with Crippen LogP contribution in [0.4, 0.5) is 8.78 Å². The van der Waals surface area contributed by atoms with Crippen molar-refractivity contribution in [1.82, 2.24) is 10.2 Å². The van der Waals surface area contributed by atoms with Crippen molar-refractivity contribution in [2.24, 2.45) is 11.8 Å². The predicted octanol–water partition coefficient (Wildman–Crippen LogP) is 1.61. The van der Waals surface area contributed by atoms with E-state index in [0.29, 0.717) is 11.8 Å². The van der Waals surface area contributed by atoms with Gasteiger partial charge in [0.15, 0.2) is 0 Å². The second-order valence-corrected chi connectivity index (χ2v) is 5.39. The highest BCUT2D eigenvalue weighted by Gasteiger charge is 2.37. The molecule has 2 atom stereocenters. The van der Waals surface area contributed by atoms with Crippen LogP contribution in [-0.2, 0) is 11.2 Å². The van der Waals surface area contributed by atoms with Crippen molar-refractivity contribution < 1.29 is 13.6 Å². The van der Waals surface area contributed by atoms with Crippen molar-refractivity contribution in [1.29, 1.82) is 0 Å². The molecule has 0 bridgehead atoms. The number of rotatable bonds is 2. The number of nitrogens with zero attached hydrogens (tertiary/aromatic N) is 1. The lowest BCUT2D eigenvalue weighted by Crippen LogP contribution is -2.33. The van der Waals surface area contributed by atoms with Gasteiger partial charge >= 0.3 is 0 Å². The summed E-state index contributed by atoms with van der Waals surface area (Å²) >= 11 is 0. The van der Waals surface area contributed by atoms with Crippen LogP contribution >= 0.6 is 12.4 Å². The van der Waals surface area contributed by atoms with Gasteiger partial charge in [0.1, 0.15) is 11.6 Å². The number of hydrogen-bond acceptors (Lipinski definition) is 2. The maximum Gasteiger partial charge on any atom is 0.227 e. The number of benzene rings is 1. The van der Waals surface area contributed by atoms with Gasteiger partial charge in [0, 0.05) is 32.2 Å². The minimum absolute atomic E-state index is 0. The lowest BCUT2D eigenvalue weighted by Gasteiger charge is -2.17. The summed E-state index contributed by atoms with van der Waals surface area (Å²) in [7, 11) is 0. The molecular formula is C14H17ClF2N2O. The number of carbonyl (C=O) groups excluding carboxylic acids is 1. The van der Waals surface area contributed by atoms with Gasteiger partial charge in [-0.05, 0) is 23.5 Å². The Morgan fingerprint density at radius 3 is 2.50 bits per heavy atom. The molecule has 3 nitrogen and oxygen atoms in total. The number of halogens is 3. The Hall–Kier alpha value is -1.20. The Bertz CT molecular complexity index is 500. The molecule has 2 heterocycles. The molecule has 110 valence electrons. The van der Waals surface area contributed by atoms with E-state index in [1.807, 2.05) is 0 Å². The summed E-state index contributed by atoms with van der Waals surface area (Å²) in [5.74, 6) is -0.270. The number of likely N-dealkylation sites (tertiary alicyclic amines) is 1. The highest BCUT2D eigenvalue weighted by molar-refractivity contribution is 5.85. The van der Waals surface area contributed by atoms with Crippen molar-refractivity contribution >= 4 is 18.3 Å². The molecule has 1 amide bonds. The largest absolute Gasteiger partial charge is 0.342 e. The number of nitrogens with one attached hydrogen (secondary N) is 1. The van der Waals surface area contributed by atoms with Gasteiger partial charge in [-0.15, -0.1) is 12.4 Å². The second kappa shape index (κ2) is 6.06. The normalized spacial score (nSPS) is 24.4. The van der Waals surface area contributed by atoms with Crippen LogP contribution in [0.3, 0.4) is 0 Å². The first-order valence-electron chi connectivity index (χ1n) is 6.56. The van der Waals surface area contributed by atoms with E-state index in [0.717, 1.165) is 32.2 Å². The molecule has 3 rings (SSSR count). The maximum absolute atomic E-state index is 13.5. The molecule has 0 unspecified atom stereocenters. The Balaban J connectivity index is 0.00000147. The summed E-state index contributed by atoms with van der Waals surface area (Å²) in [6.07, 6.45) is 0.0129. The van der Waals surface area contributed by atoms with Gasteiger partial charge in [-0.1, -0.05) is 6.07 Å². The molecule has 2 saturated heterocycles. The zero-order valence-electron chi connectivity index (χ0n) is 10.9. The molecule has 1 aromatic rings. The van der Waals surface area contributed by atoms with E-state index in [4.69, 9.17) is 0 Å². The number of fused-ring (bicyclic) bond motifs is 1. The third-order valence-electron chi connectivity index (χ3n) is 4.10. The van der Waals surface area contributed by atoms with E-state index in [9.17, 15) is 13.6 Å². The third kappa shape index (κ3) is 2.94. The maximum atomic E-state index is 13.5. The monoisotopic (exact) mass is 302 g/mol. The van der Waals surface area contributed by atoms with Gasteiger partial charge in [-0.25, -0.2) is 8.78 Å². The van der Waals surface area contributed by atoms with Gasteiger partial charge in [0.25, 0.3) is 0 Å². The van der Waals surface area contributed by atoms with Crippen LogP contribution in [0.2, 0.25) is 0 Å². The average molecular weight is 303 g/mol. The Morgan fingerprint density at radius 2 is 1.90 bits per heavy atom. The third-order valence-corrected chi connectivity index (χ3v) is 4.10.